The molecular formula is C20H28IN5O5S. The van der Waals surface area contributed by atoms with Crippen LogP contribution in [0.3, 0.4) is 0 Å². The highest BCUT2D eigenvalue weighted by Crippen LogP contribution is 2.17. The lowest BCUT2D eigenvalue weighted by Crippen LogP contribution is -2.42. The zero-order valence-corrected chi connectivity index (χ0v) is 21.3. The molecule has 0 atom stereocenters. The first-order chi connectivity index (χ1) is 14.8. The van der Waals surface area contributed by atoms with Gasteiger partial charge in [0, 0.05) is 45.9 Å². The van der Waals surface area contributed by atoms with Gasteiger partial charge in [-0.25, -0.2) is 13.1 Å². The standard InChI is InChI=1S/C20H27N5O5S.HI/c1-4-30-18-10-8-16(9-11-18)15-24(3)20(21-2)22-12-13-23-31(28,29)19-7-5-6-17(14-19)25(26)27;/h5-11,14,23H,4,12-13,15H2,1-3H3,(H,21,22);1H. The van der Waals surface area contributed by atoms with E-state index in [0.29, 0.717) is 19.1 Å². The number of halogens is 1. The number of nitrogens with zero attached hydrogens (tertiary/aromatic N) is 3. The van der Waals surface area contributed by atoms with Crippen LogP contribution < -0.4 is 14.8 Å². The first-order valence-corrected chi connectivity index (χ1v) is 11.1. The lowest BCUT2D eigenvalue weighted by atomic mass is 10.2. The summed E-state index contributed by atoms with van der Waals surface area (Å²) >= 11 is 0. The topological polar surface area (TPSA) is 126 Å². The molecule has 0 fully saturated rings. The van der Waals surface area contributed by atoms with E-state index in [1.54, 1.807) is 7.05 Å². The molecule has 0 heterocycles. The van der Waals surface area contributed by atoms with Crippen LogP contribution in [0.25, 0.3) is 0 Å². The summed E-state index contributed by atoms with van der Waals surface area (Å²) < 4.78 is 32.6. The van der Waals surface area contributed by atoms with Crippen molar-refractivity contribution in [1.29, 1.82) is 0 Å². The van der Waals surface area contributed by atoms with Gasteiger partial charge in [0.25, 0.3) is 5.69 Å². The molecule has 176 valence electrons. The molecule has 0 spiro atoms. The van der Waals surface area contributed by atoms with Crippen molar-refractivity contribution in [2.75, 3.05) is 33.8 Å². The molecule has 0 saturated carbocycles. The Kier molecular flexibility index (Phi) is 11.4. The second kappa shape index (κ2) is 13.2. The SMILES string of the molecule is CCOc1ccc(CN(C)C(=NC)NCCNS(=O)(=O)c2cccc([N+](=O)[O-])c2)cc1.I. The van der Waals surface area contributed by atoms with Gasteiger partial charge in [-0.15, -0.1) is 24.0 Å². The molecule has 0 saturated heterocycles. The zero-order valence-electron chi connectivity index (χ0n) is 18.1. The minimum Gasteiger partial charge on any atom is -0.494 e. The Morgan fingerprint density at radius 2 is 1.88 bits per heavy atom. The van der Waals surface area contributed by atoms with Crippen molar-refractivity contribution in [3.63, 3.8) is 0 Å². The molecule has 2 aromatic rings. The van der Waals surface area contributed by atoms with Crippen molar-refractivity contribution in [2.45, 2.75) is 18.4 Å². The van der Waals surface area contributed by atoms with E-state index in [9.17, 15) is 18.5 Å². The number of nitro groups is 1. The number of hydrogen-bond acceptors (Lipinski definition) is 6. The number of hydrogen-bond donors (Lipinski definition) is 2. The van der Waals surface area contributed by atoms with Crippen molar-refractivity contribution in [3.8, 4) is 5.75 Å². The predicted octanol–water partition coefficient (Wildman–Crippen LogP) is 2.60. The molecule has 0 bridgehead atoms. The summed E-state index contributed by atoms with van der Waals surface area (Å²) in [5.74, 6) is 1.41. The van der Waals surface area contributed by atoms with E-state index in [1.165, 1.54) is 18.2 Å². The van der Waals surface area contributed by atoms with E-state index in [1.807, 2.05) is 43.1 Å². The number of benzene rings is 2. The fourth-order valence-electron chi connectivity index (χ4n) is 2.80. The normalized spacial score (nSPS) is 11.4. The van der Waals surface area contributed by atoms with Crippen molar-refractivity contribution < 1.29 is 18.1 Å². The molecular weight excluding hydrogens is 549 g/mol. The molecule has 10 nitrogen and oxygen atoms in total. The highest BCUT2D eigenvalue weighted by atomic mass is 127. The summed E-state index contributed by atoms with van der Waals surface area (Å²) in [6.45, 7) is 3.52. The van der Waals surface area contributed by atoms with Crippen molar-refractivity contribution >= 4 is 45.6 Å². The van der Waals surface area contributed by atoms with Gasteiger partial charge in [-0.3, -0.25) is 15.1 Å². The number of nitro benzene ring substituents is 1. The van der Waals surface area contributed by atoms with Crippen molar-refractivity contribution in [3.05, 3.63) is 64.2 Å². The van der Waals surface area contributed by atoms with Crippen molar-refractivity contribution in [1.82, 2.24) is 14.9 Å². The number of non-ortho nitro benzene ring substituents is 1. The van der Waals surface area contributed by atoms with Crippen LogP contribution in [0.15, 0.2) is 58.4 Å². The Morgan fingerprint density at radius 3 is 2.47 bits per heavy atom. The largest absolute Gasteiger partial charge is 0.494 e. The van der Waals surface area contributed by atoms with Crippen LogP contribution >= 0.6 is 24.0 Å². The average molecular weight is 577 g/mol. The first kappa shape index (κ1) is 27.6. The molecule has 0 aromatic heterocycles. The zero-order chi connectivity index (χ0) is 22.9. The van der Waals surface area contributed by atoms with Gasteiger partial charge in [-0.05, 0) is 30.7 Å². The van der Waals surface area contributed by atoms with Crippen LogP contribution in [0.5, 0.6) is 5.75 Å². The highest BCUT2D eigenvalue weighted by Gasteiger charge is 2.17. The summed E-state index contributed by atoms with van der Waals surface area (Å²) in [6.07, 6.45) is 0. The van der Waals surface area contributed by atoms with Gasteiger partial charge in [0.1, 0.15) is 5.75 Å². The Hall–Kier alpha value is -2.45. The third-order valence-electron chi connectivity index (χ3n) is 4.27. The van der Waals surface area contributed by atoms with Gasteiger partial charge in [0.05, 0.1) is 16.4 Å². The van der Waals surface area contributed by atoms with Gasteiger partial charge in [0.2, 0.25) is 10.0 Å². The quantitative estimate of drug-likeness (QED) is 0.111. The molecule has 0 amide bonds. The number of guanidine groups is 1. The van der Waals surface area contributed by atoms with E-state index < -0.39 is 14.9 Å². The van der Waals surface area contributed by atoms with Gasteiger partial charge in [0.15, 0.2) is 5.96 Å². The molecule has 0 radical (unpaired) electrons. The number of rotatable bonds is 10. The Balaban J connectivity index is 0.00000512. The molecule has 2 aromatic carbocycles. The summed E-state index contributed by atoms with van der Waals surface area (Å²) in [7, 11) is -0.341. The predicted molar refractivity (Wildman–Crippen MR) is 134 cm³/mol. The van der Waals surface area contributed by atoms with E-state index in [4.69, 9.17) is 4.74 Å². The van der Waals surface area contributed by atoms with E-state index in [2.05, 4.69) is 15.0 Å². The van der Waals surface area contributed by atoms with Gasteiger partial charge < -0.3 is 15.0 Å². The van der Waals surface area contributed by atoms with Crippen LogP contribution in [0.1, 0.15) is 12.5 Å². The second-order valence-electron chi connectivity index (χ2n) is 6.56. The molecule has 0 aliphatic rings. The number of ether oxygens (including phenoxy) is 1. The molecule has 32 heavy (non-hydrogen) atoms. The Labute approximate surface area is 205 Å². The maximum Gasteiger partial charge on any atom is 0.270 e. The van der Waals surface area contributed by atoms with Crippen LogP contribution in [0.2, 0.25) is 0 Å². The number of nitrogens with one attached hydrogen (secondary N) is 2. The minimum atomic E-state index is -3.86. The van der Waals surface area contributed by atoms with E-state index in [-0.39, 0.29) is 47.6 Å². The average Bonchev–Trinajstić information content (AvgIpc) is 2.75. The lowest BCUT2D eigenvalue weighted by Gasteiger charge is -2.22. The van der Waals surface area contributed by atoms with Gasteiger partial charge in [-0.2, -0.15) is 0 Å². The van der Waals surface area contributed by atoms with Gasteiger partial charge in [-0.1, -0.05) is 18.2 Å². The molecule has 12 heteroatoms. The maximum absolute atomic E-state index is 12.4. The van der Waals surface area contributed by atoms with Crippen LogP contribution in [0, 0.1) is 10.1 Å². The summed E-state index contributed by atoms with van der Waals surface area (Å²) in [5.41, 5.74) is 0.789. The molecule has 0 aliphatic carbocycles. The van der Waals surface area contributed by atoms with Crippen molar-refractivity contribution in [2.24, 2.45) is 4.99 Å². The van der Waals surface area contributed by atoms with Gasteiger partial charge >= 0.3 is 0 Å². The number of sulfonamides is 1. The Morgan fingerprint density at radius 1 is 1.19 bits per heavy atom. The third kappa shape index (κ3) is 8.24. The monoisotopic (exact) mass is 577 g/mol. The number of aliphatic imine (C=N–C) groups is 1. The van der Waals surface area contributed by atoms with Crippen LogP contribution in [0.4, 0.5) is 5.69 Å². The fraction of sp³-hybridized carbons (Fsp3) is 0.350. The van der Waals surface area contributed by atoms with E-state index >= 15 is 0 Å². The first-order valence-electron chi connectivity index (χ1n) is 9.64. The smallest absolute Gasteiger partial charge is 0.270 e. The lowest BCUT2D eigenvalue weighted by molar-refractivity contribution is -0.385. The maximum atomic E-state index is 12.4. The Bertz CT molecular complexity index is 1020. The minimum absolute atomic E-state index is 0. The van der Waals surface area contributed by atoms with Crippen LogP contribution in [-0.4, -0.2) is 58.0 Å². The van der Waals surface area contributed by atoms with Crippen LogP contribution in [-0.2, 0) is 16.6 Å². The summed E-state index contributed by atoms with van der Waals surface area (Å²) in [4.78, 5) is 16.2. The summed E-state index contributed by atoms with van der Waals surface area (Å²) in [6, 6.07) is 12.7. The molecule has 2 N–H and O–H groups in total. The molecule has 0 unspecified atom stereocenters. The summed E-state index contributed by atoms with van der Waals surface area (Å²) in [5, 5.41) is 13.9. The second-order valence-corrected chi connectivity index (χ2v) is 8.33. The third-order valence-corrected chi connectivity index (χ3v) is 5.73. The highest BCUT2D eigenvalue weighted by molar-refractivity contribution is 14.0. The molecule has 0 aliphatic heterocycles. The molecule has 2 rings (SSSR count). The van der Waals surface area contributed by atoms with E-state index in [0.717, 1.165) is 17.4 Å². The fourth-order valence-corrected chi connectivity index (χ4v) is 3.87.